The molecule has 0 unspecified atom stereocenters. The maximum absolute atomic E-state index is 12.5. The number of amides is 1. The van der Waals surface area contributed by atoms with Gasteiger partial charge in [-0.25, -0.2) is 0 Å². The number of carbonyl (C=O) groups is 1. The lowest BCUT2D eigenvalue weighted by Gasteiger charge is -2.21. The first-order valence-corrected chi connectivity index (χ1v) is 8.27. The van der Waals surface area contributed by atoms with E-state index in [1.165, 1.54) is 0 Å². The van der Waals surface area contributed by atoms with Crippen LogP contribution in [0.1, 0.15) is 31.9 Å². The lowest BCUT2D eigenvalue weighted by Crippen LogP contribution is -2.39. The highest BCUT2D eigenvalue weighted by molar-refractivity contribution is 6.30. The van der Waals surface area contributed by atoms with Gasteiger partial charge in [-0.05, 0) is 55.3 Å². The zero-order valence-corrected chi connectivity index (χ0v) is 14.8. The second-order valence-electron chi connectivity index (χ2n) is 5.47. The lowest BCUT2D eigenvalue weighted by molar-refractivity contribution is -0.128. The van der Waals surface area contributed by atoms with E-state index in [9.17, 15) is 4.79 Å². The topological polar surface area (TPSA) is 47.6 Å². The number of carbonyl (C=O) groups excluding carboxylic acids is 1. The van der Waals surface area contributed by atoms with Gasteiger partial charge in [0.05, 0.1) is 13.2 Å². The van der Waals surface area contributed by atoms with Crippen LogP contribution in [0.5, 0.6) is 11.5 Å². The van der Waals surface area contributed by atoms with E-state index >= 15 is 0 Å². The van der Waals surface area contributed by atoms with Crippen molar-refractivity contribution in [3.05, 3.63) is 59.1 Å². The first kappa shape index (κ1) is 18.1. The summed E-state index contributed by atoms with van der Waals surface area (Å²) in [5.74, 6) is 1.27. The molecule has 0 aliphatic rings. The van der Waals surface area contributed by atoms with Crippen molar-refractivity contribution in [2.24, 2.45) is 0 Å². The summed E-state index contributed by atoms with van der Waals surface area (Å²) in [5, 5.41) is 3.62. The summed E-state index contributed by atoms with van der Waals surface area (Å²) in [6.45, 7) is 3.85. The predicted molar refractivity (Wildman–Crippen MR) is 95.7 cm³/mol. The maximum Gasteiger partial charge on any atom is 0.261 e. The van der Waals surface area contributed by atoms with Crippen molar-refractivity contribution in [1.29, 1.82) is 0 Å². The molecule has 2 atom stereocenters. The summed E-state index contributed by atoms with van der Waals surface area (Å²) in [6.07, 6.45) is 0.0240. The van der Waals surface area contributed by atoms with Gasteiger partial charge in [-0.2, -0.15) is 0 Å². The minimum Gasteiger partial charge on any atom is -0.497 e. The highest BCUT2D eigenvalue weighted by atomic mass is 35.5. The number of rotatable bonds is 7. The molecule has 4 nitrogen and oxygen atoms in total. The maximum atomic E-state index is 12.5. The Labute approximate surface area is 147 Å². The molecule has 2 aromatic rings. The van der Waals surface area contributed by atoms with E-state index in [0.717, 1.165) is 11.3 Å². The molecule has 0 radical (unpaired) electrons. The molecule has 0 saturated heterocycles. The number of benzene rings is 2. The fraction of sp³-hybridized carbons (Fsp3) is 0.316. The molecule has 0 aliphatic heterocycles. The van der Waals surface area contributed by atoms with Crippen molar-refractivity contribution in [2.45, 2.75) is 32.4 Å². The van der Waals surface area contributed by atoms with Crippen molar-refractivity contribution >= 4 is 17.5 Å². The standard InChI is InChI=1S/C19H22ClNO3/c1-4-18(24-17-11-7-15(20)8-12-17)19(22)21-13(2)14-5-9-16(23-3)10-6-14/h5-13,18H,4H2,1-3H3,(H,21,22)/t13-,18-/m1/s1. The molecule has 1 amide bonds. The number of nitrogens with one attached hydrogen (secondary N) is 1. The van der Waals surface area contributed by atoms with Crippen LogP contribution in [0.2, 0.25) is 5.02 Å². The van der Waals surface area contributed by atoms with Gasteiger partial charge in [-0.15, -0.1) is 0 Å². The van der Waals surface area contributed by atoms with Crippen molar-refractivity contribution in [2.75, 3.05) is 7.11 Å². The molecule has 0 saturated carbocycles. The first-order chi connectivity index (χ1) is 11.5. The Morgan fingerprint density at radius 2 is 1.67 bits per heavy atom. The Hall–Kier alpha value is -2.20. The van der Waals surface area contributed by atoms with Crippen LogP contribution in [0, 0.1) is 0 Å². The second kappa shape index (κ2) is 8.60. The molecule has 2 rings (SSSR count). The normalized spacial score (nSPS) is 13.0. The van der Waals surface area contributed by atoms with Gasteiger partial charge in [0.15, 0.2) is 6.10 Å². The van der Waals surface area contributed by atoms with Crippen LogP contribution in [0.3, 0.4) is 0 Å². The second-order valence-corrected chi connectivity index (χ2v) is 5.91. The van der Waals surface area contributed by atoms with Crippen LogP contribution in [0.4, 0.5) is 0 Å². The molecule has 5 heteroatoms. The van der Waals surface area contributed by atoms with Gasteiger partial charge in [0, 0.05) is 5.02 Å². The summed E-state index contributed by atoms with van der Waals surface area (Å²) < 4.78 is 10.9. The predicted octanol–water partition coefficient (Wildman–Crippen LogP) is 4.38. The molecule has 24 heavy (non-hydrogen) atoms. The average molecular weight is 348 g/mol. The van der Waals surface area contributed by atoms with Crippen LogP contribution >= 0.6 is 11.6 Å². The third-order valence-electron chi connectivity index (χ3n) is 3.73. The minimum atomic E-state index is -0.549. The summed E-state index contributed by atoms with van der Waals surface area (Å²) in [5.41, 5.74) is 1.01. The third kappa shape index (κ3) is 4.90. The molecule has 0 aromatic heterocycles. The van der Waals surface area contributed by atoms with E-state index < -0.39 is 6.10 Å². The number of methoxy groups -OCH3 is 1. The quantitative estimate of drug-likeness (QED) is 0.808. The SMILES string of the molecule is CC[C@@H](Oc1ccc(Cl)cc1)C(=O)N[C@H](C)c1ccc(OC)cc1. The number of hydrogen-bond donors (Lipinski definition) is 1. The average Bonchev–Trinajstić information content (AvgIpc) is 2.61. The largest absolute Gasteiger partial charge is 0.497 e. The number of hydrogen-bond acceptors (Lipinski definition) is 3. The van der Waals surface area contributed by atoms with Gasteiger partial charge >= 0.3 is 0 Å². The zero-order chi connectivity index (χ0) is 17.5. The molecule has 1 N–H and O–H groups in total. The monoisotopic (exact) mass is 347 g/mol. The van der Waals surface area contributed by atoms with E-state index in [2.05, 4.69) is 5.32 Å². The van der Waals surface area contributed by atoms with Crippen molar-refractivity contribution in [1.82, 2.24) is 5.32 Å². The lowest BCUT2D eigenvalue weighted by atomic mass is 10.1. The van der Waals surface area contributed by atoms with Crippen molar-refractivity contribution in [3.8, 4) is 11.5 Å². The molecule has 0 aliphatic carbocycles. The summed E-state index contributed by atoms with van der Waals surface area (Å²) >= 11 is 5.86. The zero-order valence-electron chi connectivity index (χ0n) is 14.1. The Morgan fingerprint density at radius 1 is 1.08 bits per heavy atom. The molecular weight excluding hydrogens is 326 g/mol. The molecule has 128 valence electrons. The van der Waals surface area contributed by atoms with Gasteiger partial charge in [0.2, 0.25) is 0 Å². The fourth-order valence-corrected chi connectivity index (χ4v) is 2.41. The van der Waals surface area contributed by atoms with Gasteiger partial charge in [0.1, 0.15) is 11.5 Å². The third-order valence-corrected chi connectivity index (χ3v) is 3.98. The number of halogens is 1. The van der Waals surface area contributed by atoms with E-state index in [1.807, 2.05) is 38.1 Å². The van der Waals surface area contributed by atoms with E-state index in [0.29, 0.717) is 17.2 Å². The Kier molecular flexibility index (Phi) is 6.50. The van der Waals surface area contributed by atoms with E-state index in [4.69, 9.17) is 21.1 Å². The van der Waals surface area contributed by atoms with E-state index in [1.54, 1.807) is 31.4 Å². The van der Waals surface area contributed by atoms with Gasteiger partial charge < -0.3 is 14.8 Å². The molecular formula is C19H22ClNO3. The minimum absolute atomic E-state index is 0.119. The highest BCUT2D eigenvalue weighted by Gasteiger charge is 2.20. The highest BCUT2D eigenvalue weighted by Crippen LogP contribution is 2.20. The molecule has 0 fully saturated rings. The van der Waals surface area contributed by atoms with Crippen LogP contribution in [-0.2, 0) is 4.79 Å². The summed E-state index contributed by atoms with van der Waals surface area (Å²) in [4.78, 5) is 12.5. The van der Waals surface area contributed by atoms with Crippen LogP contribution in [-0.4, -0.2) is 19.1 Å². The summed E-state index contributed by atoms with van der Waals surface area (Å²) in [7, 11) is 1.63. The Balaban J connectivity index is 1.98. The Morgan fingerprint density at radius 3 is 2.21 bits per heavy atom. The molecule has 2 aromatic carbocycles. The Bertz CT molecular complexity index is 655. The van der Waals surface area contributed by atoms with Crippen LogP contribution < -0.4 is 14.8 Å². The number of ether oxygens (including phenoxy) is 2. The smallest absolute Gasteiger partial charge is 0.261 e. The first-order valence-electron chi connectivity index (χ1n) is 7.90. The molecule has 0 heterocycles. The molecule has 0 spiro atoms. The van der Waals surface area contributed by atoms with E-state index in [-0.39, 0.29) is 11.9 Å². The fourth-order valence-electron chi connectivity index (χ4n) is 2.28. The summed E-state index contributed by atoms with van der Waals surface area (Å²) in [6, 6.07) is 14.5. The van der Waals surface area contributed by atoms with Crippen LogP contribution in [0.25, 0.3) is 0 Å². The molecule has 0 bridgehead atoms. The van der Waals surface area contributed by atoms with Crippen molar-refractivity contribution < 1.29 is 14.3 Å². The van der Waals surface area contributed by atoms with Gasteiger partial charge in [-0.1, -0.05) is 30.7 Å². The van der Waals surface area contributed by atoms with Gasteiger partial charge in [-0.3, -0.25) is 4.79 Å². The van der Waals surface area contributed by atoms with Gasteiger partial charge in [0.25, 0.3) is 5.91 Å². The van der Waals surface area contributed by atoms with Crippen LogP contribution in [0.15, 0.2) is 48.5 Å². The van der Waals surface area contributed by atoms with Crippen molar-refractivity contribution in [3.63, 3.8) is 0 Å².